The van der Waals surface area contributed by atoms with Crippen LogP contribution in [0.5, 0.6) is 0 Å². The van der Waals surface area contributed by atoms with Crippen LogP contribution in [0.15, 0.2) is 192 Å². The molecule has 240 valence electrons. The van der Waals surface area contributed by atoms with Crippen LogP contribution >= 0.6 is 11.3 Å². The topological polar surface area (TPSA) is 16.4 Å². The van der Waals surface area contributed by atoms with E-state index >= 15 is 0 Å². The van der Waals surface area contributed by atoms with Gasteiger partial charge in [0.2, 0.25) is 0 Å². The van der Waals surface area contributed by atoms with E-state index in [1.807, 2.05) is 23.5 Å². The Labute approximate surface area is 300 Å². The largest absolute Gasteiger partial charge is 0.456 e. The summed E-state index contributed by atoms with van der Waals surface area (Å²) >= 11 is 1.86. The van der Waals surface area contributed by atoms with Crippen molar-refractivity contribution >= 4 is 70.5 Å². The molecular formula is C48H31NOS. The number of nitrogens with zero attached hydrogens (tertiary/aromatic N) is 1. The van der Waals surface area contributed by atoms with Crippen LogP contribution in [0.25, 0.3) is 75.5 Å². The van der Waals surface area contributed by atoms with E-state index in [0.717, 1.165) is 44.6 Å². The first-order valence-electron chi connectivity index (χ1n) is 17.2. The second kappa shape index (κ2) is 12.2. The third kappa shape index (κ3) is 5.27. The van der Waals surface area contributed by atoms with Crippen molar-refractivity contribution in [3.05, 3.63) is 188 Å². The normalized spacial score (nSPS) is 11.5. The first kappa shape index (κ1) is 29.5. The summed E-state index contributed by atoms with van der Waals surface area (Å²) in [5.74, 6) is 0. The second-order valence-electron chi connectivity index (χ2n) is 13.0. The Balaban J connectivity index is 1.02. The quantitative estimate of drug-likeness (QED) is 0.175. The molecule has 0 saturated carbocycles. The van der Waals surface area contributed by atoms with Crippen molar-refractivity contribution in [3.63, 3.8) is 0 Å². The van der Waals surface area contributed by atoms with Crippen molar-refractivity contribution < 1.29 is 4.42 Å². The summed E-state index contributed by atoms with van der Waals surface area (Å²) in [5, 5.41) is 4.92. The number of fused-ring (bicyclic) bond motifs is 6. The van der Waals surface area contributed by atoms with E-state index in [2.05, 4.69) is 181 Å². The average Bonchev–Trinajstić information content (AvgIpc) is 3.77. The van der Waals surface area contributed by atoms with Crippen LogP contribution in [0, 0.1) is 0 Å². The van der Waals surface area contributed by atoms with E-state index in [1.165, 1.54) is 48.0 Å². The monoisotopic (exact) mass is 669 g/mol. The number of hydrogen-bond donors (Lipinski definition) is 0. The maximum Gasteiger partial charge on any atom is 0.135 e. The third-order valence-corrected chi connectivity index (χ3v) is 11.1. The highest BCUT2D eigenvalue weighted by molar-refractivity contribution is 7.25. The molecule has 0 unspecified atom stereocenters. The van der Waals surface area contributed by atoms with E-state index in [-0.39, 0.29) is 0 Å². The third-order valence-electron chi connectivity index (χ3n) is 9.90. The number of furan rings is 1. The Morgan fingerprint density at radius 2 is 0.765 bits per heavy atom. The van der Waals surface area contributed by atoms with Gasteiger partial charge < -0.3 is 9.32 Å². The van der Waals surface area contributed by atoms with Crippen LogP contribution in [0.4, 0.5) is 17.1 Å². The SMILES string of the molecule is c1ccc(-c2ccc(N(c3ccc(-c4ccc5oc6ccccc6c5c4)cc3)c3ccc(-c4ccc5sc6ccccc6c5c4)cc3)cc2)cc1. The number of benzene rings is 8. The first-order valence-corrected chi connectivity index (χ1v) is 18.1. The molecule has 2 nitrogen and oxygen atoms in total. The van der Waals surface area contributed by atoms with Gasteiger partial charge in [-0.05, 0) is 106 Å². The molecule has 8 aromatic carbocycles. The fraction of sp³-hybridized carbons (Fsp3) is 0. The zero-order valence-electron chi connectivity index (χ0n) is 27.7. The molecule has 0 amide bonds. The van der Waals surface area contributed by atoms with Gasteiger partial charge in [0.25, 0.3) is 0 Å². The zero-order valence-corrected chi connectivity index (χ0v) is 28.5. The number of rotatable bonds is 6. The number of anilines is 3. The van der Waals surface area contributed by atoms with Crippen LogP contribution in [0.3, 0.4) is 0 Å². The number of thiophene rings is 1. The Bertz CT molecular complexity index is 2670. The minimum absolute atomic E-state index is 0.911. The molecule has 0 aliphatic rings. The molecule has 0 aliphatic carbocycles. The average molecular weight is 670 g/mol. The van der Waals surface area contributed by atoms with E-state index < -0.39 is 0 Å². The molecule has 0 bridgehead atoms. The minimum atomic E-state index is 0.911. The Morgan fingerprint density at radius 3 is 1.43 bits per heavy atom. The maximum absolute atomic E-state index is 6.09. The first-order chi connectivity index (χ1) is 25.2. The van der Waals surface area contributed by atoms with Gasteiger partial charge in [0.05, 0.1) is 0 Å². The Kier molecular flexibility index (Phi) is 7.04. The van der Waals surface area contributed by atoms with Crippen LogP contribution in [-0.4, -0.2) is 0 Å². The molecule has 0 N–H and O–H groups in total. The van der Waals surface area contributed by atoms with Crippen molar-refractivity contribution in [2.24, 2.45) is 0 Å². The Morgan fingerprint density at radius 1 is 0.314 bits per heavy atom. The lowest BCUT2D eigenvalue weighted by molar-refractivity contribution is 0.669. The molecule has 0 atom stereocenters. The van der Waals surface area contributed by atoms with Crippen LogP contribution < -0.4 is 4.90 Å². The summed E-state index contributed by atoms with van der Waals surface area (Å²) < 4.78 is 8.74. The summed E-state index contributed by atoms with van der Waals surface area (Å²) in [6, 6.07) is 67.5. The summed E-state index contributed by atoms with van der Waals surface area (Å²) in [4.78, 5) is 2.34. The van der Waals surface area contributed by atoms with E-state index in [0.29, 0.717) is 0 Å². The fourth-order valence-electron chi connectivity index (χ4n) is 7.30. The van der Waals surface area contributed by atoms with E-state index in [9.17, 15) is 0 Å². The lowest BCUT2D eigenvalue weighted by atomic mass is 10.0. The molecular weight excluding hydrogens is 639 g/mol. The summed E-state index contributed by atoms with van der Waals surface area (Å²) in [7, 11) is 0. The zero-order chi connectivity index (χ0) is 33.7. The van der Waals surface area contributed by atoms with Gasteiger partial charge in [-0.25, -0.2) is 0 Å². The molecule has 0 aliphatic heterocycles. The van der Waals surface area contributed by atoms with Gasteiger partial charge in [0, 0.05) is 48.0 Å². The predicted molar refractivity (Wildman–Crippen MR) is 218 cm³/mol. The number of para-hydroxylation sites is 1. The fourth-order valence-corrected chi connectivity index (χ4v) is 8.38. The molecule has 0 saturated heterocycles. The second-order valence-corrected chi connectivity index (χ2v) is 14.0. The van der Waals surface area contributed by atoms with Gasteiger partial charge in [0.15, 0.2) is 0 Å². The highest BCUT2D eigenvalue weighted by Crippen LogP contribution is 2.40. The summed E-state index contributed by atoms with van der Waals surface area (Å²) in [6.07, 6.45) is 0. The molecule has 2 heterocycles. The lowest BCUT2D eigenvalue weighted by Crippen LogP contribution is -2.09. The van der Waals surface area contributed by atoms with Crippen LogP contribution in [0.2, 0.25) is 0 Å². The lowest BCUT2D eigenvalue weighted by Gasteiger charge is -2.26. The van der Waals surface area contributed by atoms with Crippen LogP contribution in [-0.2, 0) is 0 Å². The van der Waals surface area contributed by atoms with Gasteiger partial charge in [-0.2, -0.15) is 0 Å². The number of hydrogen-bond acceptors (Lipinski definition) is 3. The maximum atomic E-state index is 6.09. The van der Waals surface area contributed by atoms with E-state index in [1.54, 1.807) is 0 Å². The van der Waals surface area contributed by atoms with Crippen molar-refractivity contribution in [2.45, 2.75) is 0 Å². The molecule has 10 rings (SSSR count). The molecule has 0 radical (unpaired) electrons. The van der Waals surface area contributed by atoms with Crippen molar-refractivity contribution in [1.29, 1.82) is 0 Å². The van der Waals surface area contributed by atoms with Gasteiger partial charge in [-0.15, -0.1) is 11.3 Å². The molecule has 0 spiro atoms. The minimum Gasteiger partial charge on any atom is -0.456 e. The van der Waals surface area contributed by atoms with Gasteiger partial charge in [0.1, 0.15) is 11.2 Å². The molecule has 2 aromatic heterocycles. The summed E-state index contributed by atoms with van der Waals surface area (Å²) in [6.45, 7) is 0. The summed E-state index contributed by atoms with van der Waals surface area (Å²) in [5.41, 5.74) is 12.3. The van der Waals surface area contributed by atoms with Crippen molar-refractivity contribution in [2.75, 3.05) is 4.90 Å². The predicted octanol–water partition coefficient (Wildman–Crippen LogP) is 14.4. The molecule has 3 heteroatoms. The standard InChI is InChI=1S/C48H31NOS/c1-2-8-32(9-3-1)33-14-22-38(23-15-33)49(39-24-16-34(17-25-39)36-20-28-46-43(30-36)41-10-4-6-12-45(41)50-46)40-26-18-35(19-27-40)37-21-29-48-44(31-37)42-11-5-7-13-47(42)51-48/h1-31H. The van der Waals surface area contributed by atoms with E-state index in [4.69, 9.17) is 4.42 Å². The highest BCUT2D eigenvalue weighted by atomic mass is 32.1. The van der Waals surface area contributed by atoms with Crippen LogP contribution in [0.1, 0.15) is 0 Å². The van der Waals surface area contributed by atoms with Gasteiger partial charge in [-0.3, -0.25) is 0 Å². The van der Waals surface area contributed by atoms with Crippen molar-refractivity contribution in [3.8, 4) is 33.4 Å². The smallest absolute Gasteiger partial charge is 0.135 e. The Hall–Kier alpha value is -6.42. The van der Waals surface area contributed by atoms with Crippen molar-refractivity contribution in [1.82, 2.24) is 0 Å². The van der Waals surface area contributed by atoms with Gasteiger partial charge in [-0.1, -0.05) is 115 Å². The van der Waals surface area contributed by atoms with Gasteiger partial charge >= 0.3 is 0 Å². The molecule has 0 fully saturated rings. The highest BCUT2D eigenvalue weighted by Gasteiger charge is 2.15. The molecule has 51 heavy (non-hydrogen) atoms. The molecule has 10 aromatic rings.